The van der Waals surface area contributed by atoms with Crippen molar-refractivity contribution in [3.63, 3.8) is 0 Å². The van der Waals surface area contributed by atoms with Crippen molar-refractivity contribution in [3.05, 3.63) is 29.8 Å². The molecule has 2 N–H and O–H groups in total. The summed E-state index contributed by atoms with van der Waals surface area (Å²) in [5, 5.41) is 6.38. The largest absolute Gasteiger partial charge is 0.384 e. The van der Waals surface area contributed by atoms with Gasteiger partial charge in [0.15, 0.2) is 0 Å². The standard InChI is InChI=1S/C16H25N3O2/c1-21-12-7-14-5-2-3-6-15(14)18-16(20)13-19-10-4-8-17-9-11-19/h2-3,5-6,17H,4,7-13H2,1H3,(H,18,20). The average molecular weight is 291 g/mol. The molecule has 2 rings (SSSR count). The van der Waals surface area contributed by atoms with Gasteiger partial charge >= 0.3 is 0 Å². The van der Waals surface area contributed by atoms with Crippen LogP contribution in [0.3, 0.4) is 0 Å². The number of benzene rings is 1. The Hall–Kier alpha value is -1.43. The number of methoxy groups -OCH3 is 1. The summed E-state index contributed by atoms with van der Waals surface area (Å²) in [7, 11) is 1.69. The van der Waals surface area contributed by atoms with Gasteiger partial charge < -0.3 is 15.4 Å². The zero-order chi connectivity index (χ0) is 14.9. The number of carbonyl (C=O) groups is 1. The zero-order valence-corrected chi connectivity index (χ0v) is 12.7. The first kappa shape index (κ1) is 15.9. The van der Waals surface area contributed by atoms with Crippen LogP contribution < -0.4 is 10.6 Å². The molecule has 1 aromatic carbocycles. The van der Waals surface area contributed by atoms with Crippen LogP contribution in [0.2, 0.25) is 0 Å². The maximum Gasteiger partial charge on any atom is 0.238 e. The molecule has 5 nitrogen and oxygen atoms in total. The molecule has 0 aliphatic carbocycles. The van der Waals surface area contributed by atoms with Crippen LogP contribution in [0.25, 0.3) is 0 Å². The quantitative estimate of drug-likeness (QED) is 0.824. The van der Waals surface area contributed by atoms with E-state index in [1.54, 1.807) is 7.11 Å². The first-order chi connectivity index (χ1) is 10.3. The summed E-state index contributed by atoms with van der Waals surface area (Å²) in [6.45, 7) is 5.02. The lowest BCUT2D eigenvalue weighted by Crippen LogP contribution is -2.35. The van der Waals surface area contributed by atoms with Gasteiger partial charge in [-0.15, -0.1) is 0 Å². The number of nitrogens with zero attached hydrogens (tertiary/aromatic N) is 1. The number of anilines is 1. The summed E-state index contributed by atoms with van der Waals surface area (Å²) >= 11 is 0. The first-order valence-corrected chi connectivity index (χ1v) is 7.59. The molecule has 1 saturated heterocycles. The fourth-order valence-corrected chi connectivity index (χ4v) is 2.52. The second-order valence-electron chi connectivity index (χ2n) is 5.33. The maximum atomic E-state index is 12.2. The van der Waals surface area contributed by atoms with Crippen LogP contribution >= 0.6 is 0 Å². The minimum absolute atomic E-state index is 0.0572. The summed E-state index contributed by atoms with van der Waals surface area (Å²) in [6, 6.07) is 7.92. The number of ether oxygens (including phenoxy) is 1. The van der Waals surface area contributed by atoms with E-state index >= 15 is 0 Å². The summed E-state index contributed by atoms with van der Waals surface area (Å²) in [4.78, 5) is 14.4. The molecule has 0 unspecified atom stereocenters. The number of para-hydroxylation sites is 1. The van der Waals surface area contributed by atoms with Gasteiger partial charge in [-0.25, -0.2) is 0 Å². The second kappa shape index (κ2) is 8.77. The van der Waals surface area contributed by atoms with Gasteiger partial charge in [-0.3, -0.25) is 9.69 Å². The first-order valence-electron chi connectivity index (χ1n) is 7.59. The average Bonchev–Trinajstić information content (AvgIpc) is 2.75. The maximum absolute atomic E-state index is 12.2. The normalized spacial score (nSPS) is 16.4. The molecule has 1 amide bonds. The lowest BCUT2D eigenvalue weighted by atomic mass is 10.1. The van der Waals surface area contributed by atoms with Crippen molar-refractivity contribution in [1.82, 2.24) is 10.2 Å². The van der Waals surface area contributed by atoms with E-state index in [0.717, 1.165) is 50.3 Å². The van der Waals surface area contributed by atoms with Gasteiger partial charge in [-0.1, -0.05) is 18.2 Å². The van der Waals surface area contributed by atoms with Crippen molar-refractivity contribution in [2.45, 2.75) is 12.8 Å². The van der Waals surface area contributed by atoms with Gasteiger partial charge in [0.2, 0.25) is 5.91 Å². The molecule has 1 fully saturated rings. The number of carbonyl (C=O) groups excluding carboxylic acids is 1. The Labute approximate surface area is 126 Å². The van der Waals surface area contributed by atoms with Crippen LogP contribution in [-0.2, 0) is 16.0 Å². The van der Waals surface area contributed by atoms with Crippen molar-refractivity contribution in [3.8, 4) is 0 Å². The third-order valence-corrected chi connectivity index (χ3v) is 3.67. The highest BCUT2D eigenvalue weighted by atomic mass is 16.5. The van der Waals surface area contributed by atoms with Gasteiger partial charge in [-0.2, -0.15) is 0 Å². The summed E-state index contributed by atoms with van der Waals surface area (Å²) in [5.74, 6) is 0.0572. The summed E-state index contributed by atoms with van der Waals surface area (Å²) < 4.78 is 5.11. The second-order valence-corrected chi connectivity index (χ2v) is 5.33. The number of rotatable bonds is 6. The van der Waals surface area contributed by atoms with Gasteiger partial charge in [0, 0.05) is 25.9 Å². The molecule has 1 heterocycles. The highest BCUT2D eigenvalue weighted by Crippen LogP contribution is 2.15. The van der Waals surface area contributed by atoms with Crippen LogP contribution in [0, 0.1) is 0 Å². The molecule has 1 aliphatic rings. The number of nitrogens with one attached hydrogen (secondary N) is 2. The molecule has 21 heavy (non-hydrogen) atoms. The third kappa shape index (κ3) is 5.46. The van der Waals surface area contributed by atoms with E-state index in [-0.39, 0.29) is 5.91 Å². The Morgan fingerprint density at radius 1 is 1.33 bits per heavy atom. The molecule has 0 spiro atoms. The van der Waals surface area contributed by atoms with E-state index in [1.165, 1.54) is 0 Å². The fourth-order valence-electron chi connectivity index (χ4n) is 2.52. The van der Waals surface area contributed by atoms with Crippen molar-refractivity contribution in [1.29, 1.82) is 0 Å². The van der Waals surface area contributed by atoms with Gasteiger partial charge in [0.05, 0.1) is 13.2 Å². The Kier molecular flexibility index (Phi) is 6.66. The Balaban J connectivity index is 1.89. The van der Waals surface area contributed by atoms with E-state index in [2.05, 4.69) is 15.5 Å². The van der Waals surface area contributed by atoms with Gasteiger partial charge in [-0.05, 0) is 37.6 Å². The Morgan fingerprint density at radius 2 is 2.19 bits per heavy atom. The molecular formula is C16H25N3O2. The Morgan fingerprint density at radius 3 is 3.05 bits per heavy atom. The van der Waals surface area contributed by atoms with Crippen molar-refractivity contribution in [2.24, 2.45) is 0 Å². The van der Waals surface area contributed by atoms with Crippen LogP contribution in [0.5, 0.6) is 0 Å². The lowest BCUT2D eigenvalue weighted by Gasteiger charge is -2.19. The molecule has 0 bridgehead atoms. The minimum atomic E-state index is 0.0572. The van der Waals surface area contributed by atoms with Crippen LogP contribution in [-0.4, -0.2) is 57.2 Å². The topological polar surface area (TPSA) is 53.6 Å². The third-order valence-electron chi connectivity index (χ3n) is 3.67. The fraction of sp³-hybridized carbons (Fsp3) is 0.562. The molecular weight excluding hydrogens is 266 g/mol. The summed E-state index contributed by atoms with van der Waals surface area (Å²) in [5.41, 5.74) is 2.01. The van der Waals surface area contributed by atoms with Crippen LogP contribution in [0.15, 0.2) is 24.3 Å². The van der Waals surface area contributed by atoms with Gasteiger partial charge in [0.1, 0.15) is 0 Å². The molecule has 5 heteroatoms. The molecule has 0 atom stereocenters. The zero-order valence-electron chi connectivity index (χ0n) is 12.7. The molecule has 0 radical (unpaired) electrons. The molecule has 0 saturated carbocycles. The highest BCUT2D eigenvalue weighted by molar-refractivity contribution is 5.93. The molecule has 0 aromatic heterocycles. The van der Waals surface area contributed by atoms with Crippen LogP contribution in [0.4, 0.5) is 5.69 Å². The molecule has 1 aromatic rings. The number of amides is 1. The highest BCUT2D eigenvalue weighted by Gasteiger charge is 2.13. The van der Waals surface area contributed by atoms with E-state index in [1.807, 2.05) is 24.3 Å². The monoisotopic (exact) mass is 291 g/mol. The van der Waals surface area contributed by atoms with Crippen LogP contribution in [0.1, 0.15) is 12.0 Å². The number of hydrogen-bond acceptors (Lipinski definition) is 4. The summed E-state index contributed by atoms with van der Waals surface area (Å²) in [6.07, 6.45) is 1.90. The van der Waals surface area contributed by atoms with Crippen molar-refractivity contribution in [2.75, 3.05) is 51.8 Å². The molecule has 116 valence electrons. The van der Waals surface area contributed by atoms with Crippen molar-refractivity contribution < 1.29 is 9.53 Å². The minimum Gasteiger partial charge on any atom is -0.384 e. The predicted molar refractivity (Wildman–Crippen MR) is 84.6 cm³/mol. The van der Waals surface area contributed by atoms with Crippen molar-refractivity contribution >= 4 is 11.6 Å². The number of hydrogen-bond donors (Lipinski definition) is 2. The Bertz CT molecular complexity index is 443. The van der Waals surface area contributed by atoms with E-state index in [0.29, 0.717) is 13.2 Å². The molecule has 1 aliphatic heterocycles. The SMILES string of the molecule is COCCc1ccccc1NC(=O)CN1CCCNCC1. The van der Waals surface area contributed by atoms with Gasteiger partial charge in [0.25, 0.3) is 0 Å². The predicted octanol–water partition coefficient (Wildman–Crippen LogP) is 1.11. The van der Waals surface area contributed by atoms with E-state index in [9.17, 15) is 4.79 Å². The lowest BCUT2D eigenvalue weighted by molar-refractivity contribution is -0.117. The smallest absolute Gasteiger partial charge is 0.238 e. The van der Waals surface area contributed by atoms with E-state index < -0.39 is 0 Å². The van der Waals surface area contributed by atoms with E-state index in [4.69, 9.17) is 4.74 Å².